The topological polar surface area (TPSA) is 61.1 Å². The summed E-state index contributed by atoms with van der Waals surface area (Å²) in [4.78, 5) is 10.4. The SMILES string of the molecule is N#Cc1cc(Cl)c(CC(=O)O)cc1Cl. The summed E-state index contributed by atoms with van der Waals surface area (Å²) in [6.45, 7) is 0. The minimum absolute atomic E-state index is 0.204. The third-order valence-corrected chi connectivity index (χ3v) is 2.26. The molecule has 0 radical (unpaired) electrons. The summed E-state index contributed by atoms with van der Waals surface area (Å²) in [5.41, 5.74) is 0.647. The Bertz CT molecular complexity index is 424. The minimum Gasteiger partial charge on any atom is -0.481 e. The van der Waals surface area contributed by atoms with Crippen molar-refractivity contribution < 1.29 is 9.90 Å². The Morgan fingerprint density at radius 3 is 2.57 bits per heavy atom. The highest BCUT2D eigenvalue weighted by atomic mass is 35.5. The van der Waals surface area contributed by atoms with E-state index in [-0.39, 0.29) is 22.0 Å². The molecule has 1 N–H and O–H groups in total. The van der Waals surface area contributed by atoms with Gasteiger partial charge in [-0.3, -0.25) is 4.79 Å². The summed E-state index contributed by atoms with van der Waals surface area (Å²) >= 11 is 11.5. The zero-order valence-corrected chi connectivity index (χ0v) is 8.43. The van der Waals surface area contributed by atoms with Crippen LogP contribution in [0.25, 0.3) is 0 Å². The van der Waals surface area contributed by atoms with E-state index in [1.165, 1.54) is 12.1 Å². The molecule has 0 aliphatic heterocycles. The predicted molar refractivity (Wildman–Crippen MR) is 52.5 cm³/mol. The number of rotatable bonds is 2. The molecule has 0 aliphatic rings. The maximum Gasteiger partial charge on any atom is 0.307 e. The van der Waals surface area contributed by atoms with Crippen molar-refractivity contribution in [2.75, 3.05) is 0 Å². The van der Waals surface area contributed by atoms with Crippen molar-refractivity contribution in [3.05, 3.63) is 33.3 Å². The Kier molecular flexibility index (Phi) is 3.34. The second-order valence-corrected chi connectivity index (χ2v) is 3.42. The quantitative estimate of drug-likeness (QED) is 0.848. The van der Waals surface area contributed by atoms with Gasteiger partial charge in [-0.15, -0.1) is 0 Å². The van der Waals surface area contributed by atoms with Crippen molar-refractivity contribution in [1.29, 1.82) is 5.26 Å². The van der Waals surface area contributed by atoms with E-state index in [2.05, 4.69) is 0 Å². The molecule has 1 rings (SSSR count). The van der Waals surface area contributed by atoms with Crippen LogP contribution in [0, 0.1) is 11.3 Å². The number of hydrogen-bond donors (Lipinski definition) is 1. The molecule has 0 saturated heterocycles. The van der Waals surface area contributed by atoms with Crippen LogP contribution in [0.4, 0.5) is 0 Å². The van der Waals surface area contributed by atoms with Crippen molar-refractivity contribution in [3.8, 4) is 6.07 Å². The summed E-state index contributed by atoms with van der Waals surface area (Å²) < 4.78 is 0. The molecule has 0 bridgehead atoms. The number of halogens is 2. The Morgan fingerprint density at radius 2 is 2.07 bits per heavy atom. The van der Waals surface area contributed by atoms with Crippen LogP contribution in [0.2, 0.25) is 10.0 Å². The van der Waals surface area contributed by atoms with Gasteiger partial charge in [-0.05, 0) is 17.7 Å². The minimum atomic E-state index is -0.993. The second kappa shape index (κ2) is 4.32. The van der Waals surface area contributed by atoms with E-state index in [1.54, 1.807) is 0 Å². The number of carboxylic acid groups (broad SMARTS) is 1. The Hall–Kier alpha value is -1.24. The normalized spacial score (nSPS) is 9.50. The van der Waals surface area contributed by atoms with E-state index < -0.39 is 5.97 Å². The van der Waals surface area contributed by atoms with E-state index in [4.69, 9.17) is 33.6 Å². The highest BCUT2D eigenvalue weighted by molar-refractivity contribution is 6.34. The van der Waals surface area contributed by atoms with Gasteiger partial charge in [0.1, 0.15) is 6.07 Å². The van der Waals surface area contributed by atoms with Crippen molar-refractivity contribution in [2.24, 2.45) is 0 Å². The average Bonchev–Trinajstić information content (AvgIpc) is 2.10. The molecule has 0 aliphatic carbocycles. The van der Waals surface area contributed by atoms with Gasteiger partial charge in [-0.2, -0.15) is 5.26 Å². The number of benzene rings is 1. The Morgan fingerprint density at radius 1 is 1.43 bits per heavy atom. The largest absolute Gasteiger partial charge is 0.481 e. The lowest BCUT2D eigenvalue weighted by atomic mass is 10.1. The van der Waals surface area contributed by atoms with Crippen LogP contribution < -0.4 is 0 Å². The fraction of sp³-hybridized carbons (Fsp3) is 0.111. The lowest BCUT2D eigenvalue weighted by Crippen LogP contribution is -2.01. The lowest BCUT2D eigenvalue weighted by Gasteiger charge is -2.02. The molecule has 0 unspecified atom stereocenters. The zero-order valence-electron chi connectivity index (χ0n) is 6.92. The maximum absolute atomic E-state index is 10.4. The molecule has 72 valence electrons. The van der Waals surface area contributed by atoms with Crippen LogP contribution in [-0.4, -0.2) is 11.1 Å². The van der Waals surface area contributed by atoms with E-state index in [1.807, 2.05) is 6.07 Å². The predicted octanol–water partition coefficient (Wildman–Crippen LogP) is 2.49. The van der Waals surface area contributed by atoms with E-state index in [0.717, 1.165) is 0 Å². The molecule has 0 heterocycles. The lowest BCUT2D eigenvalue weighted by molar-refractivity contribution is -0.136. The molecule has 0 aromatic heterocycles. The third-order valence-electron chi connectivity index (χ3n) is 1.60. The summed E-state index contributed by atoms with van der Waals surface area (Å²) in [5.74, 6) is -0.993. The van der Waals surface area contributed by atoms with Crippen molar-refractivity contribution >= 4 is 29.2 Å². The molecule has 1 aromatic carbocycles. The van der Waals surface area contributed by atoms with Crippen LogP contribution >= 0.6 is 23.2 Å². The number of carboxylic acids is 1. The van der Waals surface area contributed by atoms with Crippen molar-refractivity contribution in [1.82, 2.24) is 0 Å². The molecule has 1 aromatic rings. The molecule has 5 heteroatoms. The molecule has 14 heavy (non-hydrogen) atoms. The first-order chi connectivity index (χ1) is 6.54. The van der Waals surface area contributed by atoms with Crippen LogP contribution in [0.15, 0.2) is 12.1 Å². The Balaban J connectivity index is 3.16. The first-order valence-corrected chi connectivity index (χ1v) is 4.40. The smallest absolute Gasteiger partial charge is 0.307 e. The van der Waals surface area contributed by atoms with E-state index in [0.29, 0.717) is 5.56 Å². The molecular weight excluding hydrogens is 225 g/mol. The number of nitrogens with zero attached hydrogens (tertiary/aromatic N) is 1. The van der Waals surface area contributed by atoms with Gasteiger partial charge < -0.3 is 5.11 Å². The summed E-state index contributed by atoms with van der Waals surface area (Å²) in [6, 6.07) is 4.62. The second-order valence-electron chi connectivity index (χ2n) is 2.61. The molecule has 0 fully saturated rings. The molecule has 0 amide bonds. The first kappa shape index (κ1) is 10.8. The highest BCUT2D eigenvalue weighted by Crippen LogP contribution is 2.25. The number of hydrogen-bond acceptors (Lipinski definition) is 2. The van der Waals surface area contributed by atoms with Crippen LogP contribution in [0.1, 0.15) is 11.1 Å². The fourth-order valence-electron chi connectivity index (χ4n) is 0.972. The third kappa shape index (κ3) is 2.38. The summed E-state index contributed by atoms with van der Waals surface area (Å²) in [6.07, 6.45) is -0.204. The fourth-order valence-corrected chi connectivity index (χ4v) is 1.43. The maximum atomic E-state index is 10.4. The number of aliphatic carboxylic acids is 1. The van der Waals surface area contributed by atoms with E-state index >= 15 is 0 Å². The summed E-state index contributed by atoms with van der Waals surface area (Å²) in [7, 11) is 0. The van der Waals surface area contributed by atoms with Gasteiger partial charge in [0.15, 0.2) is 0 Å². The zero-order chi connectivity index (χ0) is 10.7. The monoisotopic (exact) mass is 229 g/mol. The highest BCUT2D eigenvalue weighted by Gasteiger charge is 2.09. The molecule has 0 saturated carbocycles. The van der Waals surface area contributed by atoms with Crippen molar-refractivity contribution in [2.45, 2.75) is 6.42 Å². The average molecular weight is 230 g/mol. The molecule has 0 atom stereocenters. The van der Waals surface area contributed by atoms with Gasteiger partial charge in [0, 0.05) is 5.02 Å². The molecule has 3 nitrogen and oxygen atoms in total. The van der Waals surface area contributed by atoms with Gasteiger partial charge in [-0.25, -0.2) is 0 Å². The van der Waals surface area contributed by atoms with Crippen LogP contribution in [0.3, 0.4) is 0 Å². The van der Waals surface area contributed by atoms with Gasteiger partial charge in [-0.1, -0.05) is 23.2 Å². The Labute approximate surface area is 90.5 Å². The van der Waals surface area contributed by atoms with Crippen LogP contribution in [-0.2, 0) is 11.2 Å². The van der Waals surface area contributed by atoms with Gasteiger partial charge in [0.2, 0.25) is 0 Å². The summed E-state index contributed by atoms with van der Waals surface area (Å²) in [5, 5.41) is 17.6. The number of nitriles is 1. The molecular formula is C9H5Cl2NO2. The van der Waals surface area contributed by atoms with Gasteiger partial charge in [0.05, 0.1) is 17.0 Å². The first-order valence-electron chi connectivity index (χ1n) is 3.64. The van der Waals surface area contributed by atoms with Crippen LogP contribution in [0.5, 0.6) is 0 Å². The van der Waals surface area contributed by atoms with Crippen molar-refractivity contribution in [3.63, 3.8) is 0 Å². The standard InChI is InChI=1S/C9H5Cl2NO2/c10-7-2-6(4-12)8(11)1-5(7)3-9(13)14/h1-2H,3H2,(H,13,14). The number of carbonyl (C=O) groups is 1. The van der Waals surface area contributed by atoms with E-state index in [9.17, 15) is 4.79 Å². The van der Waals surface area contributed by atoms with Gasteiger partial charge >= 0.3 is 5.97 Å². The molecule has 0 spiro atoms. The van der Waals surface area contributed by atoms with Gasteiger partial charge in [0.25, 0.3) is 0 Å².